The van der Waals surface area contributed by atoms with Crippen LogP contribution >= 0.6 is 0 Å². The molecule has 2 aromatic carbocycles. The van der Waals surface area contributed by atoms with Crippen LogP contribution in [0.15, 0.2) is 36.4 Å². The van der Waals surface area contributed by atoms with Crippen LogP contribution in [0.3, 0.4) is 0 Å². The SMILES string of the molecule is O=C(O)c1ccc(Oc2ccc(F)cc2[N+](=O)[O-])c(F)c1. The van der Waals surface area contributed by atoms with Gasteiger partial charge in [0.15, 0.2) is 11.6 Å². The Bertz CT molecular complexity index is 732. The van der Waals surface area contributed by atoms with Gasteiger partial charge in [0.05, 0.1) is 16.6 Å². The quantitative estimate of drug-likeness (QED) is 0.690. The Kier molecular flexibility index (Phi) is 3.79. The second kappa shape index (κ2) is 5.53. The minimum Gasteiger partial charge on any atom is -0.478 e. The summed E-state index contributed by atoms with van der Waals surface area (Å²) in [5.41, 5.74) is -0.967. The molecule has 0 saturated heterocycles. The van der Waals surface area contributed by atoms with Gasteiger partial charge in [0, 0.05) is 0 Å². The van der Waals surface area contributed by atoms with Gasteiger partial charge in [0.2, 0.25) is 5.75 Å². The van der Waals surface area contributed by atoms with Crippen molar-refractivity contribution in [1.82, 2.24) is 0 Å². The Hall–Kier alpha value is -3.03. The van der Waals surface area contributed by atoms with E-state index in [0.29, 0.717) is 12.1 Å². The Morgan fingerprint density at radius 2 is 1.81 bits per heavy atom. The van der Waals surface area contributed by atoms with Crippen LogP contribution in [0.5, 0.6) is 11.5 Å². The highest BCUT2D eigenvalue weighted by Gasteiger charge is 2.19. The number of carboxylic acids is 1. The van der Waals surface area contributed by atoms with E-state index in [9.17, 15) is 23.7 Å². The maximum Gasteiger partial charge on any atom is 0.335 e. The summed E-state index contributed by atoms with van der Waals surface area (Å²) in [5, 5.41) is 19.5. The predicted octanol–water partition coefficient (Wildman–Crippen LogP) is 3.36. The van der Waals surface area contributed by atoms with Crippen molar-refractivity contribution in [1.29, 1.82) is 0 Å². The van der Waals surface area contributed by atoms with Crippen LogP contribution in [-0.2, 0) is 0 Å². The van der Waals surface area contributed by atoms with Crippen LogP contribution in [-0.4, -0.2) is 16.0 Å². The molecule has 0 aromatic heterocycles. The van der Waals surface area contributed by atoms with Gasteiger partial charge in [0.25, 0.3) is 0 Å². The highest BCUT2D eigenvalue weighted by atomic mass is 19.1. The van der Waals surface area contributed by atoms with Gasteiger partial charge in [-0.25, -0.2) is 13.6 Å². The first-order valence-electron chi connectivity index (χ1n) is 5.53. The smallest absolute Gasteiger partial charge is 0.335 e. The van der Waals surface area contributed by atoms with Crippen LogP contribution in [0.1, 0.15) is 10.4 Å². The third-order valence-electron chi connectivity index (χ3n) is 2.52. The average Bonchev–Trinajstić information content (AvgIpc) is 2.42. The number of hydrogen-bond acceptors (Lipinski definition) is 4. The maximum atomic E-state index is 13.7. The van der Waals surface area contributed by atoms with Crippen molar-refractivity contribution < 1.29 is 28.3 Å². The van der Waals surface area contributed by atoms with Crippen molar-refractivity contribution in [3.05, 3.63) is 63.7 Å². The van der Waals surface area contributed by atoms with Crippen molar-refractivity contribution in [2.75, 3.05) is 0 Å². The predicted molar refractivity (Wildman–Crippen MR) is 66.5 cm³/mol. The second-order valence-corrected chi connectivity index (χ2v) is 3.92. The van der Waals surface area contributed by atoms with Gasteiger partial charge >= 0.3 is 11.7 Å². The van der Waals surface area contributed by atoms with Crippen LogP contribution in [0.2, 0.25) is 0 Å². The monoisotopic (exact) mass is 295 g/mol. The lowest BCUT2D eigenvalue weighted by Crippen LogP contribution is -1.99. The molecule has 21 heavy (non-hydrogen) atoms. The minimum atomic E-state index is -1.33. The van der Waals surface area contributed by atoms with Crippen LogP contribution in [0.25, 0.3) is 0 Å². The number of rotatable bonds is 4. The lowest BCUT2D eigenvalue weighted by atomic mass is 10.2. The number of ether oxygens (including phenoxy) is 1. The van der Waals surface area contributed by atoms with Crippen LogP contribution in [0.4, 0.5) is 14.5 Å². The fraction of sp³-hybridized carbons (Fsp3) is 0. The number of halogens is 2. The largest absolute Gasteiger partial charge is 0.478 e. The molecule has 0 heterocycles. The molecule has 0 fully saturated rings. The maximum absolute atomic E-state index is 13.7. The Labute approximate surface area is 116 Å². The molecule has 0 radical (unpaired) electrons. The molecule has 108 valence electrons. The Balaban J connectivity index is 2.39. The Morgan fingerprint density at radius 3 is 2.38 bits per heavy atom. The van der Waals surface area contributed by atoms with Gasteiger partial charge in [-0.05, 0) is 30.3 Å². The normalized spacial score (nSPS) is 10.2. The van der Waals surface area contributed by atoms with Crippen molar-refractivity contribution in [3.8, 4) is 11.5 Å². The molecule has 2 aromatic rings. The van der Waals surface area contributed by atoms with E-state index in [4.69, 9.17) is 9.84 Å². The summed E-state index contributed by atoms with van der Waals surface area (Å²) in [6, 6.07) is 5.36. The number of benzene rings is 2. The van der Waals surface area contributed by atoms with E-state index in [1.165, 1.54) is 0 Å². The third kappa shape index (κ3) is 3.11. The molecule has 0 unspecified atom stereocenters. The summed E-state index contributed by atoms with van der Waals surface area (Å²) in [6.45, 7) is 0. The molecule has 2 rings (SSSR count). The molecule has 8 heteroatoms. The van der Waals surface area contributed by atoms with Gasteiger partial charge in [-0.1, -0.05) is 0 Å². The average molecular weight is 295 g/mol. The van der Waals surface area contributed by atoms with Gasteiger partial charge in [0.1, 0.15) is 5.82 Å². The van der Waals surface area contributed by atoms with E-state index in [1.54, 1.807) is 0 Å². The topological polar surface area (TPSA) is 89.7 Å². The molecule has 0 bridgehead atoms. The number of nitro benzene ring substituents is 1. The summed E-state index contributed by atoms with van der Waals surface area (Å²) >= 11 is 0. The summed E-state index contributed by atoms with van der Waals surface area (Å²) < 4.78 is 31.7. The molecule has 6 nitrogen and oxygen atoms in total. The van der Waals surface area contributed by atoms with Crippen molar-refractivity contribution in [2.24, 2.45) is 0 Å². The molecule has 0 spiro atoms. The summed E-state index contributed by atoms with van der Waals surface area (Å²) in [4.78, 5) is 20.6. The summed E-state index contributed by atoms with van der Waals surface area (Å²) in [5.74, 6) is -3.93. The number of aromatic carboxylic acids is 1. The van der Waals surface area contributed by atoms with Crippen molar-refractivity contribution in [3.63, 3.8) is 0 Å². The molecular formula is C13H7F2NO5. The number of carbonyl (C=O) groups is 1. The van der Waals surface area contributed by atoms with E-state index < -0.39 is 34.0 Å². The summed E-state index contributed by atoms with van der Waals surface area (Å²) in [7, 11) is 0. The van der Waals surface area contributed by atoms with Gasteiger partial charge < -0.3 is 9.84 Å². The molecule has 0 aliphatic heterocycles. The molecule has 0 aliphatic carbocycles. The van der Waals surface area contributed by atoms with E-state index >= 15 is 0 Å². The molecule has 0 aliphatic rings. The standard InChI is InChI=1S/C13H7F2NO5/c14-8-2-4-12(10(6-8)16(19)20)21-11-3-1-7(13(17)18)5-9(11)15/h1-6H,(H,17,18). The van der Waals surface area contributed by atoms with E-state index in [-0.39, 0.29) is 11.3 Å². The lowest BCUT2D eigenvalue weighted by molar-refractivity contribution is -0.385. The van der Waals surface area contributed by atoms with E-state index in [1.807, 2.05) is 0 Å². The minimum absolute atomic E-state index is 0.298. The van der Waals surface area contributed by atoms with Crippen molar-refractivity contribution >= 4 is 11.7 Å². The molecule has 0 atom stereocenters. The zero-order valence-electron chi connectivity index (χ0n) is 10.2. The molecule has 0 saturated carbocycles. The van der Waals surface area contributed by atoms with E-state index in [0.717, 1.165) is 24.3 Å². The second-order valence-electron chi connectivity index (χ2n) is 3.92. The molecule has 1 N–H and O–H groups in total. The zero-order chi connectivity index (χ0) is 15.6. The van der Waals surface area contributed by atoms with Crippen LogP contribution in [0, 0.1) is 21.7 Å². The first-order valence-corrected chi connectivity index (χ1v) is 5.53. The summed E-state index contributed by atoms with van der Waals surface area (Å²) in [6.07, 6.45) is 0. The fourth-order valence-corrected chi connectivity index (χ4v) is 1.55. The zero-order valence-corrected chi connectivity index (χ0v) is 10.2. The highest BCUT2D eigenvalue weighted by Crippen LogP contribution is 2.33. The molecule has 0 amide bonds. The first-order chi connectivity index (χ1) is 9.88. The van der Waals surface area contributed by atoms with Crippen molar-refractivity contribution in [2.45, 2.75) is 0 Å². The number of hydrogen-bond donors (Lipinski definition) is 1. The van der Waals surface area contributed by atoms with Crippen LogP contribution < -0.4 is 4.74 Å². The first kappa shape index (κ1) is 14.4. The fourth-order valence-electron chi connectivity index (χ4n) is 1.55. The van der Waals surface area contributed by atoms with E-state index in [2.05, 4.69) is 0 Å². The number of nitro groups is 1. The third-order valence-corrected chi connectivity index (χ3v) is 2.52. The number of carboxylic acid groups (broad SMARTS) is 1. The lowest BCUT2D eigenvalue weighted by Gasteiger charge is -2.07. The van der Waals surface area contributed by atoms with Gasteiger partial charge in [-0.3, -0.25) is 10.1 Å². The van der Waals surface area contributed by atoms with Gasteiger partial charge in [-0.2, -0.15) is 0 Å². The molecular weight excluding hydrogens is 288 g/mol. The number of nitrogens with zero attached hydrogens (tertiary/aromatic N) is 1. The van der Waals surface area contributed by atoms with Gasteiger partial charge in [-0.15, -0.1) is 0 Å². The Morgan fingerprint density at radius 1 is 1.14 bits per heavy atom. The highest BCUT2D eigenvalue weighted by molar-refractivity contribution is 5.87.